The van der Waals surface area contributed by atoms with E-state index in [1.807, 2.05) is 0 Å². The molecule has 1 aromatic carbocycles. The summed E-state index contributed by atoms with van der Waals surface area (Å²) in [7, 11) is 1.39. The van der Waals surface area contributed by atoms with Gasteiger partial charge in [0.1, 0.15) is 6.54 Å². The zero-order chi connectivity index (χ0) is 12.3. The van der Waals surface area contributed by atoms with E-state index in [0.29, 0.717) is 10.0 Å². The fourth-order valence-corrected chi connectivity index (χ4v) is 1.70. The maximum atomic E-state index is 11.7. The normalized spacial score (nSPS) is 9.94. The third kappa shape index (κ3) is 3.40. The second-order valence-electron chi connectivity index (χ2n) is 3.21. The molecule has 1 aromatic rings. The van der Waals surface area contributed by atoms with Gasteiger partial charge in [0, 0.05) is 22.7 Å². The second-order valence-corrected chi connectivity index (χ2v) is 4.09. The molecule has 0 radical (unpaired) electrons. The van der Waals surface area contributed by atoms with Crippen LogP contribution in [0.4, 0.5) is 0 Å². The summed E-state index contributed by atoms with van der Waals surface area (Å²) in [6.07, 6.45) is 0. The van der Waals surface area contributed by atoms with E-state index in [4.69, 9.17) is 28.3 Å². The van der Waals surface area contributed by atoms with Gasteiger partial charge >= 0.3 is 5.97 Å². The fraction of sp³-hybridized carbons (Fsp3) is 0.200. The molecule has 0 heterocycles. The number of carbonyl (C=O) groups is 2. The van der Waals surface area contributed by atoms with Crippen LogP contribution in [0.25, 0.3) is 0 Å². The van der Waals surface area contributed by atoms with Gasteiger partial charge in [-0.3, -0.25) is 9.59 Å². The number of amides is 1. The minimum absolute atomic E-state index is 0.265. The van der Waals surface area contributed by atoms with E-state index in [2.05, 4.69) is 0 Å². The number of rotatable bonds is 3. The number of carboxylic acids is 1. The summed E-state index contributed by atoms with van der Waals surface area (Å²) in [5, 5.41) is 9.21. The van der Waals surface area contributed by atoms with E-state index in [9.17, 15) is 9.59 Å². The highest BCUT2D eigenvalue weighted by Crippen LogP contribution is 2.19. The van der Waals surface area contributed by atoms with Gasteiger partial charge in [-0.25, -0.2) is 0 Å². The molecule has 1 N–H and O–H groups in total. The first-order valence-corrected chi connectivity index (χ1v) is 5.09. The van der Waals surface area contributed by atoms with Gasteiger partial charge in [-0.1, -0.05) is 23.2 Å². The molecule has 0 saturated carbocycles. The monoisotopic (exact) mass is 261 g/mol. The predicted molar refractivity (Wildman–Crippen MR) is 61.1 cm³/mol. The van der Waals surface area contributed by atoms with Crippen LogP contribution in [-0.4, -0.2) is 35.5 Å². The van der Waals surface area contributed by atoms with Crippen LogP contribution < -0.4 is 0 Å². The molecule has 4 nitrogen and oxygen atoms in total. The molecular weight excluding hydrogens is 253 g/mol. The first kappa shape index (κ1) is 12.8. The zero-order valence-corrected chi connectivity index (χ0v) is 9.92. The summed E-state index contributed by atoms with van der Waals surface area (Å²) in [4.78, 5) is 23.2. The third-order valence-corrected chi connectivity index (χ3v) is 2.27. The SMILES string of the molecule is CN(CC(=O)O)C(=O)c1cc(Cl)cc(Cl)c1. The summed E-state index contributed by atoms with van der Waals surface area (Å²) in [5.74, 6) is -1.52. The third-order valence-electron chi connectivity index (χ3n) is 1.83. The van der Waals surface area contributed by atoms with Crippen LogP contribution in [-0.2, 0) is 4.79 Å². The maximum absolute atomic E-state index is 11.7. The minimum atomic E-state index is -1.08. The molecule has 6 heteroatoms. The Morgan fingerprint density at radius 2 is 1.75 bits per heavy atom. The van der Waals surface area contributed by atoms with Crippen molar-refractivity contribution in [3.63, 3.8) is 0 Å². The van der Waals surface area contributed by atoms with E-state index in [0.717, 1.165) is 4.90 Å². The highest BCUT2D eigenvalue weighted by Gasteiger charge is 2.15. The van der Waals surface area contributed by atoms with Crippen molar-refractivity contribution < 1.29 is 14.7 Å². The largest absolute Gasteiger partial charge is 0.480 e. The number of benzene rings is 1. The van der Waals surface area contributed by atoms with Gasteiger partial charge in [-0.15, -0.1) is 0 Å². The van der Waals surface area contributed by atoms with Gasteiger partial charge in [0.15, 0.2) is 0 Å². The van der Waals surface area contributed by atoms with E-state index in [1.54, 1.807) is 0 Å². The van der Waals surface area contributed by atoms with Crippen LogP contribution in [0.15, 0.2) is 18.2 Å². The number of hydrogen-bond donors (Lipinski definition) is 1. The number of likely N-dealkylation sites (N-methyl/N-ethyl adjacent to an activating group) is 1. The lowest BCUT2D eigenvalue weighted by Crippen LogP contribution is -2.31. The number of carboxylic acid groups (broad SMARTS) is 1. The second kappa shape index (κ2) is 5.18. The lowest BCUT2D eigenvalue weighted by atomic mass is 10.2. The van der Waals surface area contributed by atoms with Crippen LogP contribution in [0.2, 0.25) is 10.0 Å². The van der Waals surface area contributed by atoms with E-state index < -0.39 is 11.9 Å². The predicted octanol–water partition coefficient (Wildman–Crippen LogP) is 2.15. The molecule has 0 atom stereocenters. The van der Waals surface area contributed by atoms with Gasteiger partial charge in [0.25, 0.3) is 5.91 Å². The van der Waals surface area contributed by atoms with Crippen molar-refractivity contribution in [2.45, 2.75) is 0 Å². The highest BCUT2D eigenvalue weighted by atomic mass is 35.5. The number of carbonyl (C=O) groups excluding carboxylic acids is 1. The molecule has 0 aliphatic rings. The average Bonchev–Trinajstić information content (AvgIpc) is 2.13. The number of aliphatic carboxylic acids is 1. The van der Waals surface area contributed by atoms with Crippen molar-refractivity contribution in [3.05, 3.63) is 33.8 Å². The van der Waals surface area contributed by atoms with Crippen LogP contribution >= 0.6 is 23.2 Å². The van der Waals surface area contributed by atoms with Crippen molar-refractivity contribution in [2.24, 2.45) is 0 Å². The van der Waals surface area contributed by atoms with Crippen molar-refractivity contribution in [3.8, 4) is 0 Å². The van der Waals surface area contributed by atoms with Gasteiger partial charge in [-0.05, 0) is 18.2 Å². The van der Waals surface area contributed by atoms with Crippen LogP contribution in [0, 0.1) is 0 Å². The topological polar surface area (TPSA) is 57.6 Å². The van der Waals surface area contributed by atoms with Crippen molar-refractivity contribution in [1.29, 1.82) is 0 Å². The first-order chi connectivity index (χ1) is 7.40. The molecule has 0 spiro atoms. The van der Waals surface area contributed by atoms with Crippen LogP contribution in [0.5, 0.6) is 0 Å². The summed E-state index contributed by atoms with van der Waals surface area (Å²) in [5.41, 5.74) is 0.265. The Kier molecular flexibility index (Phi) is 4.15. The van der Waals surface area contributed by atoms with Gasteiger partial charge in [0.05, 0.1) is 0 Å². The Bertz CT molecular complexity index is 414. The average molecular weight is 262 g/mol. The summed E-state index contributed by atoms with van der Waals surface area (Å²) >= 11 is 11.5. The van der Waals surface area contributed by atoms with Crippen molar-refractivity contribution in [2.75, 3.05) is 13.6 Å². The minimum Gasteiger partial charge on any atom is -0.480 e. The lowest BCUT2D eigenvalue weighted by Gasteiger charge is -2.14. The Labute approximate surface area is 102 Å². The molecule has 0 saturated heterocycles. The number of hydrogen-bond acceptors (Lipinski definition) is 2. The molecule has 0 bridgehead atoms. The molecule has 0 fully saturated rings. The molecule has 16 heavy (non-hydrogen) atoms. The van der Waals surface area contributed by atoms with Gasteiger partial charge in [0.2, 0.25) is 0 Å². The van der Waals surface area contributed by atoms with Crippen LogP contribution in [0.3, 0.4) is 0 Å². The number of nitrogens with zero attached hydrogens (tertiary/aromatic N) is 1. The van der Waals surface area contributed by atoms with Crippen LogP contribution in [0.1, 0.15) is 10.4 Å². The Hall–Kier alpha value is -1.26. The molecular formula is C10H9Cl2NO3. The Balaban J connectivity index is 2.91. The molecule has 0 unspecified atom stereocenters. The molecule has 0 aliphatic carbocycles. The number of halogens is 2. The van der Waals surface area contributed by atoms with Crippen molar-refractivity contribution >= 4 is 35.1 Å². The van der Waals surface area contributed by atoms with E-state index in [-0.39, 0.29) is 12.1 Å². The quantitative estimate of drug-likeness (QED) is 0.907. The Morgan fingerprint density at radius 1 is 1.25 bits per heavy atom. The maximum Gasteiger partial charge on any atom is 0.323 e. The van der Waals surface area contributed by atoms with E-state index >= 15 is 0 Å². The highest BCUT2D eigenvalue weighted by molar-refractivity contribution is 6.35. The smallest absolute Gasteiger partial charge is 0.323 e. The molecule has 86 valence electrons. The lowest BCUT2D eigenvalue weighted by molar-refractivity contribution is -0.137. The zero-order valence-electron chi connectivity index (χ0n) is 8.41. The van der Waals surface area contributed by atoms with Gasteiger partial charge < -0.3 is 10.0 Å². The molecule has 0 aromatic heterocycles. The molecule has 1 rings (SSSR count). The molecule has 0 aliphatic heterocycles. The standard InChI is InChI=1S/C10H9Cl2NO3/c1-13(5-9(14)15)10(16)6-2-7(11)4-8(12)3-6/h2-4H,5H2,1H3,(H,14,15). The Morgan fingerprint density at radius 3 is 2.19 bits per heavy atom. The summed E-state index contributed by atoms with van der Waals surface area (Å²) in [6.45, 7) is -0.372. The summed E-state index contributed by atoms with van der Waals surface area (Å²) < 4.78 is 0. The molecule has 1 amide bonds. The first-order valence-electron chi connectivity index (χ1n) is 4.33. The van der Waals surface area contributed by atoms with Gasteiger partial charge in [-0.2, -0.15) is 0 Å². The van der Waals surface area contributed by atoms with Crippen molar-refractivity contribution in [1.82, 2.24) is 4.90 Å². The fourth-order valence-electron chi connectivity index (χ4n) is 1.17. The van der Waals surface area contributed by atoms with E-state index in [1.165, 1.54) is 25.2 Å². The summed E-state index contributed by atoms with van der Waals surface area (Å²) in [6, 6.07) is 4.37.